The fourth-order valence-electron chi connectivity index (χ4n) is 1.13. The van der Waals surface area contributed by atoms with Crippen molar-refractivity contribution in [3.05, 3.63) is 29.8 Å². The molecule has 86 valence electrons. The van der Waals surface area contributed by atoms with Crippen molar-refractivity contribution < 1.29 is 14.3 Å². The highest BCUT2D eigenvalue weighted by Gasteiger charge is 2.07. The van der Waals surface area contributed by atoms with Crippen LogP contribution in [0.3, 0.4) is 0 Å². The number of hydrogen-bond donors (Lipinski definition) is 1. The van der Waals surface area contributed by atoms with Gasteiger partial charge in [-0.25, -0.2) is 4.79 Å². The molecule has 0 aromatic heterocycles. The molecule has 1 aromatic carbocycles. The molecule has 0 heterocycles. The highest BCUT2D eigenvalue weighted by molar-refractivity contribution is 9.09. The van der Waals surface area contributed by atoms with Gasteiger partial charge in [-0.05, 0) is 25.1 Å². The number of hydrogen-bond acceptors (Lipinski definition) is 3. The van der Waals surface area contributed by atoms with Crippen LogP contribution in [0.1, 0.15) is 17.3 Å². The molecular formula is C11H12BrNO3. The summed E-state index contributed by atoms with van der Waals surface area (Å²) in [7, 11) is 0. The van der Waals surface area contributed by atoms with Crippen LogP contribution in [-0.4, -0.2) is 23.8 Å². The molecule has 5 heteroatoms. The van der Waals surface area contributed by atoms with E-state index in [1.54, 1.807) is 31.2 Å². The van der Waals surface area contributed by atoms with E-state index >= 15 is 0 Å². The van der Waals surface area contributed by atoms with E-state index in [1.807, 2.05) is 0 Å². The Labute approximate surface area is 102 Å². The van der Waals surface area contributed by atoms with E-state index in [-0.39, 0.29) is 11.2 Å². The quantitative estimate of drug-likeness (QED) is 0.682. The Morgan fingerprint density at radius 2 is 2.19 bits per heavy atom. The predicted molar refractivity (Wildman–Crippen MR) is 64.8 cm³/mol. The third kappa shape index (κ3) is 3.66. The predicted octanol–water partition coefficient (Wildman–Crippen LogP) is 2.20. The number of amides is 1. The first kappa shape index (κ1) is 12.7. The van der Waals surface area contributed by atoms with Crippen LogP contribution >= 0.6 is 15.9 Å². The summed E-state index contributed by atoms with van der Waals surface area (Å²) in [5.74, 6) is -0.557. The van der Waals surface area contributed by atoms with Gasteiger partial charge in [0.15, 0.2) is 0 Å². The first-order valence-corrected chi connectivity index (χ1v) is 5.92. The maximum atomic E-state index is 11.4. The number of benzene rings is 1. The third-order valence-corrected chi connectivity index (χ3v) is 2.29. The second-order valence-electron chi connectivity index (χ2n) is 2.98. The first-order chi connectivity index (χ1) is 7.67. The number of esters is 1. The number of carbonyl (C=O) groups is 2. The van der Waals surface area contributed by atoms with Crippen LogP contribution < -0.4 is 5.32 Å². The van der Waals surface area contributed by atoms with Crippen molar-refractivity contribution in [2.75, 3.05) is 17.3 Å². The third-order valence-electron chi connectivity index (χ3n) is 1.78. The Hall–Kier alpha value is -1.36. The van der Waals surface area contributed by atoms with Gasteiger partial charge in [-0.3, -0.25) is 4.79 Å². The fraction of sp³-hybridized carbons (Fsp3) is 0.273. The van der Waals surface area contributed by atoms with Crippen LogP contribution in [0.4, 0.5) is 5.69 Å². The maximum Gasteiger partial charge on any atom is 0.338 e. The Balaban J connectivity index is 2.78. The summed E-state index contributed by atoms with van der Waals surface area (Å²) in [5, 5.41) is 2.85. The van der Waals surface area contributed by atoms with E-state index in [9.17, 15) is 9.59 Å². The lowest BCUT2D eigenvalue weighted by Gasteiger charge is -2.05. The van der Waals surface area contributed by atoms with E-state index in [0.717, 1.165) is 0 Å². The van der Waals surface area contributed by atoms with Gasteiger partial charge >= 0.3 is 5.97 Å². The van der Waals surface area contributed by atoms with Gasteiger partial charge in [-0.1, -0.05) is 22.0 Å². The monoisotopic (exact) mass is 285 g/mol. The van der Waals surface area contributed by atoms with Crippen molar-refractivity contribution >= 4 is 33.5 Å². The summed E-state index contributed by atoms with van der Waals surface area (Å²) in [4.78, 5) is 22.5. The average molecular weight is 286 g/mol. The molecule has 16 heavy (non-hydrogen) atoms. The van der Waals surface area contributed by atoms with Crippen LogP contribution in [0.2, 0.25) is 0 Å². The van der Waals surface area contributed by atoms with Gasteiger partial charge in [0.05, 0.1) is 17.5 Å². The van der Waals surface area contributed by atoms with Gasteiger partial charge in [0, 0.05) is 5.69 Å². The zero-order chi connectivity index (χ0) is 12.0. The summed E-state index contributed by atoms with van der Waals surface area (Å²) in [5.41, 5.74) is 1.00. The van der Waals surface area contributed by atoms with E-state index in [4.69, 9.17) is 4.74 Å². The topological polar surface area (TPSA) is 55.4 Å². The van der Waals surface area contributed by atoms with Crippen molar-refractivity contribution in [3.8, 4) is 0 Å². The lowest BCUT2D eigenvalue weighted by atomic mass is 10.2. The first-order valence-electron chi connectivity index (χ1n) is 4.80. The van der Waals surface area contributed by atoms with Crippen molar-refractivity contribution in [1.29, 1.82) is 0 Å². The van der Waals surface area contributed by atoms with Gasteiger partial charge in [-0.15, -0.1) is 0 Å². The molecule has 0 radical (unpaired) electrons. The molecule has 1 aromatic rings. The van der Waals surface area contributed by atoms with Gasteiger partial charge < -0.3 is 10.1 Å². The Morgan fingerprint density at radius 3 is 2.81 bits per heavy atom. The summed E-state index contributed by atoms with van der Waals surface area (Å²) in [6.45, 7) is 2.07. The molecule has 0 bridgehead atoms. The molecule has 1 amide bonds. The van der Waals surface area contributed by atoms with Gasteiger partial charge in [-0.2, -0.15) is 0 Å². The smallest absolute Gasteiger partial charge is 0.338 e. The van der Waals surface area contributed by atoms with E-state index in [2.05, 4.69) is 21.2 Å². The molecule has 0 saturated heterocycles. The molecule has 0 spiro atoms. The Morgan fingerprint density at radius 1 is 1.44 bits per heavy atom. The van der Waals surface area contributed by atoms with Crippen LogP contribution in [0.25, 0.3) is 0 Å². The maximum absolute atomic E-state index is 11.4. The van der Waals surface area contributed by atoms with Gasteiger partial charge in [0.25, 0.3) is 0 Å². The lowest BCUT2D eigenvalue weighted by molar-refractivity contribution is -0.113. The van der Waals surface area contributed by atoms with Crippen LogP contribution in [-0.2, 0) is 9.53 Å². The molecule has 0 fully saturated rings. The minimum Gasteiger partial charge on any atom is -0.462 e. The largest absolute Gasteiger partial charge is 0.462 e. The summed E-state index contributed by atoms with van der Waals surface area (Å²) in [6.07, 6.45) is 0. The number of rotatable bonds is 4. The summed E-state index contributed by atoms with van der Waals surface area (Å²) < 4.78 is 4.85. The normalized spacial score (nSPS) is 9.62. The number of anilines is 1. The Bertz CT molecular complexity index is 393. The van der Waals surface area contributed by atoms with Crippen LogP contribution in [0.5, 0.6) is 0 Å². The molecule has 0 aliphatic heterocycles. The lowest BCUT2D eigenvalue weighted by Crippen LogP contribution is -2.13. The van der Waals surface area contributed by atoms with Crippen LogP contribution in [0.15, 0.2) is 24.3 Å². The number of halogens is 1. The fourth-order valence-corrected chi connectivity index (χ4v) is 1.27. The number of nitrogens with one attached hydrogen (secondary N) is 1. The highest BCUT2D eigenvalue weighted by Crippen LogP contribution is 2.11. The van der Waals surface area contributed by atoms with Gasteiger partial charge in [0.2, 0.25) is 5.91 Å². The number of alkyl halides is 1. The zero-order valence-electron chi connectivity index (χ0n) is 8.83. The number of carbonyl (C=O) groups excluding carboxylic acids is 2. The zero-order valence-corrected chi connectivity index (χ0v) is 10.4. The van der Waals surface area contributed by atoms with Crippen LogP contribution in [0, 0.1) is 0 Å². The molecule has 0 aliphatic carbocycles. The SMILES string of the molecule is CCOC(=O)c1cccc(NC(=O)CBr)c1. The summed E-state index contributed by atoms with van der Waals surface area (Å²) >= 11 is 3.04. The number of ether oxygens (including phenoxy) is 1. The highest BCUT2D eigenvalue weighted by atomic mass is 79.9. The molecule has 1 rings (SSSR count). The Kier molecular flexibility index (Phi) is 4.98. The molecule has 0 aliphatic rings. The average Bonchev–Trinajstić information content (AvgIpc) is 2.29. The molecule has 1 N–H and O–H groups in total. The minimum atomic E-state index is -0.391. The van der Waals surface area contributed by atoms with Crippen molar-refractivity contribution in [2.45, 2.75) is 6.92 Å². The van der Waals surface area contributed by atoms with E-state index in [1.165, 1.54) is 0 Å². The van der Waals surface area contributed by atoms with Crippen molar-refractivity contribution in [2.24, 2.45) is 0 Å². The van der Waals surface area contributed by atoms with Crippen molar-refractivity contribution in [3.63, 3.8) is 0 Å². The molecule has 0 atom stereocenters. The van der Waals surface area contributed by atoms with Gasteiger partial charge in [0.1, 0.15) is 0 Å². The second-order valence-corrected chi connectivity index (χ2v) is 3.54. The summed E-state index contributed by atoms with van der Waals surface area (Å²) in [6, 6.07) is 6.62. The van der Waals surface area contributed by atoms with Crippen molar-refractivity contribution in [1.82, 2.24) is 0 Å². The second kappa shape index (κ2) is 6.27. The molecular weight excluding hydrogens is 274 g/mol. The van der Waals surface area contributed by atoms with E-state index < -0.39 is 5.97 Å². The molecule has 0 saturated carbocycles. The van der Waals surface area contributed by atoms with E-state index in [0.29, 0.717) is 17.9 Å². The molecule has 4 nitrogen and oxygen atoms in total. The molecule has 0 unspecified atom stereocenters. The standard InChI is InChI=1S/C11H12BrNO3/c1-2-16-11(15)8-4-3-5-9(6-8)13-10(14)7-12/h3-6H,2,7H2,1H3,(H,13,14). The minimum absolute atomic E-state index is 0.166.